The second kappa shape index (κ2) is 9.71. The minimum absolute atomic E-state index is 0.113. The van der Waals surface area contributed by atoms with Crippen molar-refractivity contribution in [3.05, 3.63) is 75.3 Å². The number of hydrogen-bond donors (Lipinski definition) is 1. The molecule has 0 aliphatic heterocycles. The fraction of sp³-hybridized carbons (Fsp3) is 0.167. The number of carbonyl (C=O) groups is 2. The number of anilines is 3. The molecule has 0 aliphatic carbocycles. The van der Waals surface area contributed by atoms with E-state index >= 15 is 0 Å². The number of aryl methyl sites for hydroxylation is 3. The molecule has 168 valence electrons. The highest BCUT2D eigenvalue weighted by Gasteiger charge is 2.22. The quantitative estimate of drug-likeness (QED) is 0.393. The molecule has 0 saturated carbocycles. The van der Waals surface area contributed by atoms with Crippen LogP contribution in [0.15, 0.2) is 41.3 Å². The highest BCUT2D eigenvalue weighted by molar-refractivity contribution is 7.14. The molecule has 2 aromatic carbocycles. The van der Waals surface area contributed by atoms with Gasteiger partial charge in [0, 0.05) is 24.1 Å². The molecule has 1 heterocycles. The van der Waals surface area contributed by atoms with Gasteiger partial charge in [0.05, 0.1) is 11.4 Å². The standard InChI is InChI=1S/C24H20F2N4O2S/c1-13-7-14(2)22(15(3)8-13)29-23(32)17(11-27)9-19-12-33-24(28-19)30(16(4)31)21-6-5-18(25)10-20(21)26/h5-10,12H,1-4H3,(H,29,32)/b17-9+. The van der Waals surface area contributed by atoms with Crippen LogP contribution in [0.1, 0.15) is 29.3 Å². The number of carbonyl (C=O) groups excluding carboxylic acids is 2. The van der Waals surface area contributed by atoms with E-state index in [-0.39, 0.29) is 22.1 Å². The van der Waals surface area contributed by atoms with E-state index in [1.54, 1.807) is 0 Å². The molecule has 0 unspecified atom stereocenters. The Balaban J connectivity index is 1.90. The third-order valence-corrected chi connectivity index (χ3v) is 5.58. The zero-order chi connectivity index (χ0) is 24.3. The molecule has 3 aromatic rings. The summed E-state index contributed by atoms with van der Waals surface area (Å²) in [5.74, 6) is -2.83. The number of hydrogen-bond acceptors (Lipinski definition) is 5. The minimum Gasteiger partial charge on any atom is -0.321 e. The van der Waals surface area contributed by atoms with Gasteiger partial charge < -0.3 is 5.32 Å². The third kappa shape index (κ3) is 5.30. The lowest BCUT2D eigenvalue weighted by Crippen LogP contribution is -2.23. The number of nitrogens with zero attached hydrogens (tertiary/aromatic N) is 3. The van der Waals surface area contributed by atoms with Crippen LogP contribution in [0.25, 0.3) is 6.08 Å². The first kappa shape index (κ1) is 23.8. The first-order valence-corrected chi connectivity index (χ1v) is 10.7. The van der Waals surface area contributed by atoms with E-state index in [1.807, 2.05) is 39.0 Å². The van der Waals surface area contributed by atoms with E-state index in [4.69, 9.17) is 0 Å². The van der Waals surface area contributed by atoms with Crippen LogP contribution in [0.5, 0.6) is 0 Å². The van der Waals surface area contributed by atoms with Gasteiger partial charge in [-0.05, 0) is 50.1 Å². The van der Waals surface area contributed by atoms with E-state index in [0.717, 1.165) is 45.1 Å². The summed E-state index contributed by atoms with van der Waals surface area (Å²) in [6.45, 7) is 6.90. The Morgan fingerprint density at radius 3 is 2.39 bits per heavy atom. The maximum Gasteiger partial charge on any atom is 0.266 e. The predicted molar refractivity (Wildman–Crippen MR) is 124 cm³/mol. The first-order chi connectivity index (χ1) is 15.6. The van der Waals surface area contributed by atoms with E-state index in [1.165, 1.54) is 18.4 Å². The molecule has 0 fully saturated rings. The maximum atomic E-state index is 14.3. The topological polar surface area (TPSA) is 86.1 Å². The second-order valence-electron chi connectivity index (χ2n) is 7.40. The molecular weight excluding hydrogens is 446 g/mol. The summed E-state index contributed by atoms with van der Waals surface area (Å²) in [6.07, 6.45) is 1.29. The summed E-state index contributed by atoms with van der Waals surface area (Å²) in [4.78, 5) is 30.1. The van der Waals surface area contributed by atoms with E-state index in [2.05, 4.69) is 10.3 Å². The van der Waals surface area contributed by atoms with Crippen molar-refractivity contribution in [2.75, 3.05) is 10.2 Å². The Morgan fingerprint density at radius 1 is 1.15 bits per heavy atom. The van der Waals surface area contributed by atoms with Gasteiger partial charge in [0.1, 0.15) is 23.3 Å². The van der Waals surface area contributed by atoms with Crippen molar-refractivity contribution in [3.63, 3.8) is 0 Å². The van der Waals surface area contributed by atoms with Crippen molar-refractivity contribution in [3.8, 4) is 6.07 Å². The van der Waals surface area contributed by atoms with Crippen LogP contribution >= 0.6 is 11.3 Å². The average molecular weight is 467 g/mol. The van der Waals surface area contributed by atoms with Crippen molar-refractivity contribution in [1.29, 1.82) is 5.26 Å². The Morgan fingerprint density at radius 2 is 1.82 bits per heavy atom. The number of nitriles is 1. The number of nitrogens with one attached hydrogen (secondary N) is 1. The summed E-state index contributed by atoms with van der Waals surface area (Å²) in [7, 11) is 0. The molecule has 33 heavy (non-hydrogen) atoms. The summed E-state index contributed by atoms with van der Waals surface area (Å²) >= 11 is 1.02. The van der Waals surface area contributed by atoms with Crippen LogP contribution in [0.3, 0.4) is 0 Å². The highest BCUT2D eigenvalue weighted by atomic mass is 32.1. The van der Waals surface area contributed by atoms with Gasteiger partial charge in [-0.1, -0.05) is 17.7 Å². The molecule has 3 rings (SSSR count). The number of rotatable bonds is 5. The van der Waals surface area contributed by atoms with Crippen molar-refractivity contribution >= 4 is 45.7 Å². The number of aromatic nitrogens is 1. The SMILES string of the molecule is CC(=O)N(c1nc(/C=C(\C#N)C(=O)Nc2c(C)cc(C)cc2C)cs1)c1ccc(F)cc1F. The monoisotopic (exact) mass is 466 g/mol. The molecule has 0 bridgehead atoms. The van der Waals surface area contributed by atoms with Crippen LogP contribution in [-0.4, -0.2) is 16.8 Å². The van der Waals surface area contributed by atoms with Gasteiger partial charge in [0.2, 0.25) is 5.91 Å². The van der Waals surface area contributed by atoms with Crippen LogP contribution in [0.4, 0.5) is 25.3 Å². The van der Waals surface area contributed by atoms with Crippen molar-refractivity contribution in [2.45, 2.75) is 27.7 Å². The molecule has 0 spiro atoms. The van der Waals surface area contributed by atoms with E-state index in [9.17, 15) is 23.6 Å². The lowest BCUT2D eigenvalue weighted by Gasteiger charge is -2.18. The molecule has 6 nitrogen and oxygen atoms in total. The van der Waals surface area contributed by atoms with Crippen molar-refractivity contribution < 1.29 is 18.4 Å². The van der Waals surface area contributed by atoms with E-state index in [0.29, 0.717) is 11.8 Å². The zero-order valence-corrected chi connectivity index (χ0v) is 19.2. The van der Waals surface area contributed by atoms with Crippen molar-refractivity contribution in [1.82, 2.24) is 4.98 Å². The zero-order valence-electron chi connectivity index (χ0n) is 18.4. The molecule has 0 aliphatic rings. The molecule has 0 radical (unpaired) electrons. The smallest absolute Gasteiger partial charge is 0.266 e. The number of benzene rings is 2. The first-order valence-electron chi connectivity index (χ1n) is 9.83. The maximum absolute atomic E-state index is 14.3. The summed E-state index contributed by atoms with van der Waals surface area (Å²) in [5.41, 5.74) is 3.32. The van der Waals surface area contributed by atoms with Crippen LogP contribution in [-0.2, 0) is 9.59 Å². The lowest BCUT2D eigenvalue weighted by atomic mass is 10.0. The normalized spacial score (nSPS) is 11.1. The fourth-order valence-corrected chi connectivity index (χ4v) is 4.21. The number of amides is 2. The molecule has 1 N–H and O–H groups in total. The van der Waals surface area contributed by atoms with Gasteiger partial charge in [-0.15, -0.1) is 11.3 Å². The molecule has 0 saturated heterocycles. The number of thiazole rings is 1. The van der Waals surface area contributed by atoms with Crippen molar-refractivity contribution in [2.24, 2.45) is 0 Å². The van der Waals surface area contributed by atoms with Gasteiger partial charge in [-0.2, -0.15) is 5.26 Å². The molecule has 1 aromatic heterocycles. The average Bonchev–Trinajstić information content (AvgIpc) is 3.18. The predicted octanol–water partition coefficient (Wildman–Crippen LogP) is 5.58. The van der Waals surface area contributed by atoms with Crippen LogP contribution in [0.2, 0.25) is 0 Å². The Bertz CT molecular complexity index is 1300. The molecular formula is C24H20F2N4O2S. The Kier molecular flexibility index (Phi) is 6.99. The molecule has 2 amide bonds. The lowest BCUT2D eigenvalue weighted by molar-refractivity contribution is -0.116. The van der Waals surface area contributed by atoms with Gasteiger partial charge in [-0.25, -0.2) is 13.8 Å². The summed E-state index contributed by atoms with van der Waals surface area (Å²) < 4.78 is 27.5. The second-order valence-corrected chi connectivity index (χ2v) is 8.24. The van der Waals surface area contributed by atoms with Crippen LogP contribution < -0.4 is 10.2 Å². The fourth-order valence-electron chi connectivity index (χ4n) is 3.37. The molecule has 9 heteroatoms. The van der Waals surface area contributed by atoms with Gasteiger partial charge >= 0.3 is 0 Å². The number of halogens is 2. The third-order valence-electron chi connectivity index (χ3n) is 4.74. The summed E-state index contributed by atoms with van der Waals surface area (Å²) in [5, 5.41) is 13.9. The van der Waals surface area contributed by atoms with E-state index < -0.39 is 23.4 Å². The minimum atomic E-state index is -0.918. The highest BCUT2D eigenvalue weighted by Crippen LogP contribution is 2.32. The largest absolute Gasteiger partial charge is 0.321 e. The Hall–Kier alpha value is -3.90. The Labute approximate surface area is 193 Å². The molecule has 0 atom stereocenters. The summed E-state index contributed by atoms with van der Waals surface area (Å²) in [6, 6.07) is 8.57. The van der Waals surface area contributed by atoms with Gasteiger partial charge in [0.15, 0.2) is 5.13 Å². The van der Waals surface area contributed by atoms with Crippen LogP contribution in [0, 0.1) is 43.7 Å². The van der Waals surface area contributed by atoms with Gasteiger partial charge in [0.25, 0.3) is 5.91 Å². The van der Waals surface area contributed by atoms with Gasteiger partial charge in [-0.3, -0.25) is 14.5 Å².